The Bertz CT molecular complexity index is 91.3. The van der Waals surface area contributed by atoms with Gasteiger partial charge in [-0.25, -0.2) is 0 Å². The standard InChI is InChI=1S/C8H16ClN/c1-2-10-6-8(9)7-4-3-5-7/h7-8,10H,2-6H2,1H3. The quantitative estimate of drug-likeness (QED) is 0.622. The monoisotopic (exact) mass is 161 g/mol. The lowest BCUT2D eigenvalue weighted by atomic mass is 9.83. The SMILES string of the molecule is CCNCC(Cl)C1CCC1. The van der Waals surface area contributed by atoms with Crippen LogP contribution in [-0.2, 0) is 0 Å². The van der Waals surface area contributed by atoms with Gasteiger partial charge in [-0.1, -0.05) is 13.3 Å². The summed E-state index contributed by atoms with van der Waals surface area (Å²) < 4.78 is 0. The van der Waals surface area contributed by atoms with E-state index in [2.05, 4.69) is 12.2 Å². The van der Waals surface area contributed by atoms with Gasteiger partial charge in [0, 0.05) is 11.9 Å². The van der Waals surface area contributed by atoms with Crippen LogP contribution in [0.2, 0.25) is 0 Å². The third kappa shape index (κ3) is 2.14. The molecule has 1 aliphatic rings. The van der Waals surface area contributed by atoms with Crippen molar-refractivity contribution < 1.29 is 0 Å². The molecule has 0 radical (unpaired) electrons. The normalized spacial score (nSPS) is 22.2. The summed E-state index contributed by atoms with van der Waals surface area (Å²) >= 11 is 6.10. The van der Waals surface area contributed by atoms with Crippen molar-refractivity contribution >= 4 is 11.6 Å². The van der Waals surface area contributed by atoms with Crippen molar-refractivity contribution in [2.24, 2.45) is 5.92 Å². The van der Waals surface area contributed by atoms with Gasteiger partial charge in [-0.15, -0.1) is 11.6 Å². The minimum atomic E-state index is 0.383. The average molecular weight is 162 g/mol. The van der Waals surface area contributed by atoms with Crippen LogP contribution >= 0.6 is 11.6 Å². The first-order valence-electron chi connectivity index (χ1n) is 4.19. The summed E-state index contributed by atoms with van der Waals surface area (Å²) in [4.78, 5) is 0. The summed E-state index contributed by atoms with van der Waals surface area (Å²) in [5.74, 6) is 0.806. The molecule has 0 bridgehead atoms. The second-order valence-corrected chi connectivity index (χ2v) is 3.58. The van der Waals surface area contributed by atoms with Gasteiger partial charge in [-0.2, -0.15) is 0 Å². The molecule has 0 spiro atoms. The van der Waals surface area contributed by atoms with Crippen LogP contribution in [0.5, 0.6) is 0 Å². The molecular formula is C8H16ClN. The zero-order valence-corrected chi connectivity index (χ0v) is 7.32. The van der Waals surface area contributed by atoms with E-state index in [1.54, 1.807) is 0 Å². The van der Waals surface area contributed by atoms with Gasteiger partial charge in [0.1, 0.15) is 0 Å². The molecule has 0 amide bonds. The zero-order valence-electron chi connectivity index (χ0n) is 6.57. The van der Waals surface area contributed by atoms with Crippen LogP contribution in [0.25, 0.3) is 0 Å². The van der Waals surface area contributed by atoms with Crippen molar-refractivity contribution in [3.8, 4) is 0 Å². The lowest BCUT2D eigenvalue weighted by Gasteiger charge is -2.29. The maximum absolute atomic E-state index is 6.10. The molecule has 1 rings (SSSR count). The molecule has 0 aliphatic heterocycles. The molecule has 0 aromatic heterocycles. The van der Waals surface area contributed by atoms with Crippen molar-refractivity contribution in [3.05, 3.63) is 0 Å². The Labute approximate surface area is 68.1 Å². The molecule has 1 fully saturated rings. The van der Waals surface area contributed by atoms with Crippen LogP contribution in [0.15, 0.2) is 0 Å². The number of hydrogen-bond donors (Lipinski definition) is 1. The second kappa shape index (κ2) is 4.20. The minimum Gasteiger partial charge on any atom is -0.316 e. The second-order valence-electron chi connectivity index (χ2n) is 3.01. The van der Waals surface area contributed by atoms with Gasteiger partial charge in [0.25, 0.3) is 0 Å². The number of alkyl halides is 1. The first-order chi connectivity index (χ1) is 4.84. The van der Waals surface area contributed by atoms with E-state index in [0.29, 0.717) is 5.38 Å². The van der Waals surface area contributed by atoms with Crippen LogP contribution in [-0.4, -0.2) is 18.5 Å². The molecule has 0 saturated heterocycles. The highest BCUT2D eigenvalue weighted by molar-refractivity contribution is 6.21. The number of hydrogen-bond acceptors (Lipinski definition) is 1. The Morgan fingerprint density at radius 3 is 2.70 bits per heavy atom. The van der Waals surface area contributed by atoms with Crippen molar-refractivity contribution in [1.29, 1.82) is 0 Å². The Kier molecular flexibility index (Phi) is 3.50. The molecule has 1 aliphatic carbocycles. The molecule has 2 heteroatoms. The van der Waals surface area contributed by atoms with E-state index < -0.39 is 0 Å². The molecular weight excluding hydrogens is 146 g/mol. The Morgan fingerprint density at radius 2 is 2.30 bits per heavy atom. The molecule has 1 nitrogen and oxygen atoms in total. The fourth-order valence-electron chi connectivity index (χ4n) is 1.25. The van der Waals surface area contributed by atoms with Crippen LogP contribution in [0.3, 0.4) is 0 Å². The molecule has 60 valence electrons. The molecule has 0 heterocycles. The predicted octanol–water partition coefficient (Wildman–Crippen LogP) is 2.00. The minimum absolute atomic E-state index is 0.383. The average Bonchev–Trinajstić information content (AvgIpc) is 1.79. The first-order valence-corrected chi connectivity index (χ1v) is 4.63. The summed E-state index contributed by atoms with van der Waals surface area (Å²) in [5.41, 5.74) is 0. The highest BCUT2D eigenvalue weighted by Crippen LogP contribution is 2.31. The van der Waals surface area contributed by atoms with E-state index in [-0.39, 0.29) is 0 Å². The van der Waals surface area contributed by atoms with E-state index in [1.165, 1.54) is 19.3 Å². The summed E-state index contributed by atoms with van der Waals surface area (Å²) in [6.45, 7) is 4.14. The zero-order chi connectivity index (χ0) is 7.40. The van der Waals surface area contributed by atoms with Gasteiger partial charge >= 0.3 is 0 Å². The van der Waals surface area contributed by atoms with Crippen LogP contribution < -0.4 is 5.32 Å². The number of rotatable bonds is 4. The Hall–Kier alpha value is 0.250. The largest absolute Gasteiger partial charge is 0.316 e. The fourth-order valence-corrected chi connectivity index (χ4v) is 1.61. The van der Waals surface area contributed by atoms with Gasteiger partial charge in [-0.05, 0) is 25.3 Å². The summed E-state index contributed by atoms with van der Waals surface area (Å²) in [6, 6.07) is 0. The number of nitrogens with one attached hydrogen (secondary N) is 1. The summed E-state index contributed by atoms with van der Waals surface area (Å²) in [7, 11) is 0. The van der Waals surface area contributed by atoms with Crippen molar-refractivity contribution in [2.45, 2.75) is 31.6 Å². The van der Waals surface area contributed by atoms with Crippen molar-refractivity contribution in [3.63, 3.8) is 0 Å². The molecule has 0 aromatic carbocycles. The molecule has 1 unspecified atom stereocenters. The van der Waals surface area contributed by atoms with Gasteiger partial charge in [0.15, 0.2) is 0 Å². The molecule has 1 saturated carbocycles. The molecule has 10 heavy (non-hydrogen) atoms. The maximum atomic E-state index is 6.10. The lowest BCUT2D eigenvalue weighted by molar-refractivity contribution is 0.298. The Balaban J connectivity index is 2.02. The molecule has 0 aromatic rings. The highest BCUT2D eigenvalue weighted by atomic mass is 35.5. The van der Waals surface area contributed by atoms with E-state index in [1.807, 2.05) is 0 Å². The van der Waals surface area contributed by atoms with Crippen LogP contribution in [0, 0.1) is 5.92 Å². The third-order valence-electron chi connectivity index (χ3n) is 2.25. The number of halogens is 1. The summed E-state index contributed by atoms with van der Waals surface area (Å²) in [5, 5.41) is 3.65. The van der Waals surface area contributed by atoms with Crippen molar-refractivity contribution in [1.82, 2.24) is 5.32 Å². The van der Waals surface area contributed by atoms with Crippen molar-refractivity contribution in [2.75, 3.05) is 13.1 Å². The maximum Gasteiger partial charge on any atom is 0.0488 e. The lowest BCUT2D eigenvalue weighted by Crippen LogP contribution is -2.32. The molecule has 1 N–H and O–H groups in total. The van der Waals surface area contributed by atoms with Crippen LogP contribution in [0.4, 0.5) is 0 Å². The van der Waals surface area contributed by atoms with Gasteiger partial charge < -0.3 is 5.32 Å². The van der Waals surface area contributed by atoms with E-state index >= 15 is 0 Å². The van der Waals surface area contributed by atoms with Crippen LogP contribution in [0.1, 0.15) is 26.2 Å². The third-order valence-corrected chi connectivity index (χ3v) is 2.76. The van der Waals surface area contributed by atoms with E-state index in [4.69, 9.17) is 11.6 Å². The summed E-state index contributed by atoms with van der Waals surface area (Å²) in [6.07, 6.45) is 4.08. The van der Waals surface area contributed by atoms with E-state index in [0.717, 1.165) is 19.0 Å². The van der Waals surface area contributed by atoms with Gasteiger partial charge in [0.05, 0.1) is 0 Å². The first kappa shape index (κ1) is 8.35. The van der Waals surface area contributed by atoms with Gasteiger partial charge in [-0.3, -0.25) is 0 Å². The topological polar surface area (TPSA) is 12.0 Å². The predicted molar refractivity (Wildman–Crippen MR) is 45.5 cm³/mol. The van der Waals surface area contributed by atoms with Gasteiger partial charge in [0.2, 0.25) is 0 Å². The highest BCUT2D eigenvalue weighted by Gasteiger charge is 2.24. The van der Waals surface area contributed by atoms with E-state index in [9.17, 15) is 0 Å². The Morgan fingerprint density at radius 1 is 1.60 bits per heavy atom. The smallest absolute Gasteiger partial charge is 0.0488 e. The fraction of sp³-hybridized carbons (Fsp3) is 1.00. The molecule has 1 atom stereocenters.